The number of likely N-dealkylation sites (tertiary alicyclic amines) is 1. The summed E-state index contributed by atoms with van der Waals surface area (Å²) in [6, 6.07) is 9.08. The van der Waals surface area contributed by atoms with Gasteiger partial charge in [0.25, 0.3) is 0 Å². The molecule has 0 bridgehead atoms. The standard InChI is InChI=1S/C19H30N2O2/c1-14-8-10-16(11-9-14)15(2)20-13-17-7-6-12-21(17)18(22)23-19(3,4)5/h8-11,15,17,20H,6-7,12-13H2,1-5H3/t15-,17?/m0/s1. The molecule has 128 valence electrons. The summed E-state index contributed by atoms with van der Waals surface area (Å²) in [5, 5.41) is 3.56. The molecular formula is C19H30N2O2. The first-order valence-electron chi connectivity index (χ1n) is 8.56. The van der Waals surface area contributed by atoms with Crippen LogP contribution >= 0.6 is 0 Å². The Balaban J connectivity index is 1.88. The minimum absolute atomic E-state index is 0.190. The molecule has 4 heteroatoms. The molecule has 0 radical (unpaired) electrons. The van der Waals surface area contributed by atoms with Crippen LogP contribution in [0.25, 0.3) is 0 Å². The van der Waals surface area contributed by atoms with Gasteiger partial charge >= 0.3 is 6.09 Å². The molecule has 1 fully saturated rings. The molecule has 1 heterocycles. The molecule has 0 aromatic heterocycles. The van der Waals surface area contributed by atoms with E-state index in [0.29, 0.717) is 0 Å². The summed E-state index contributed by atoms with van der Waals surface area (Å²) in [4.78, 5) is 14.2. The molecule has 23 heavy (non-hydrogen) atoms. The summed E-state index contributed by atoms with van der Waals surface area (Å²) in [6.45, 7) is 11.6. The van der Waals surface area contributed by atoms with Crippen molar-refractivity contribution < 1.29 is 9.53 Å². The number of nitrogens with zero attached hydrogens (tertiary/aromatic N) is 1. The van der Waals surface area contributed by atoms with Gasteiger partial charge in [-0.3, -0.25) is 0 Å². The Morgan fingerprint density at radius 3 is 2.61 bits per heavy atom. The molecule has 0 aliphatic carbocycles. The van der Waals surface area contributed by atoms with Crippen molar-refractivity contribution in [3.63, 3.8) is 0 Å². The molecule has 2 rings (SSSR count). The van der Waals surface area contributed by atoms with Crippen molar-refractivity contribution in [1.82, 2.24) is 10.2 Å². The van der Waals surface area contributed by atoms with Crippen LogP contribution in [0, 0.1) is 6.92 Å². The second-order valence-corrected chi connectivity index (χ2v) is 7.51. The maximum absolute atomic E-state index is 12.3. The first kappa shape index (κ1) is 17.8. The van der Waals surface area contributed by atoms with Crippen LogP contribution in [-0.4, -0.2) is 35.7 Å². The topological polar surface area (TPSA) is 41.6 Å². The molecule has 1 aromatic rings. The Morgan fingerprint density at radius 2 is 2.00 bits per heavy atom. The van der Waals surface area contributed by atoms with Crippen molar-refractivity contribution >= 4 is 6.09 Å². The van der Waals surface area contributed by atoms with Crippen molar-refractivity contribution in [2.45, 2.75) is 65.1 Å². The third-order valence-corrected chi connectivity index (χ3v) is 4.24. The third kappa shape index (κ3) is 5.24. The van der Waals surface area contributed by atoms with E-state index in [4.69, 9.17) is 4.74 Å². The van der Waals surface area contributed by atoms with Crippen LogP contribution in [0.2, 0.25) is 0 Å². The highest BCUT2D eigenvalue weighted by Crippen LogP contribution is 2.21. The summed E-state index contributed by atoms with van der Waals surface area (Å²) in [5.74, 6) is 0. The van der Waals surface area contributed by atoms with Gasteiger partial charge in [-0.15, -0.1) is 0 Å². The molecule has 0 saturated carbocycles. The van der Waals surface area contributed by atoms with Gasteiger partial charge in [0.05, 0.1) is 0 Å². The zero-order valence-corrected chi connectivity index (χ0v) is 15.1. The SMILES string of the molecule is Cc1ccc([C@H](C)NCC2CCCN2C(=O)OC(C)(C)C)cc1. The third-order valence-electron chi connectivity index (χ3n) is 4.24. The first-order valence-corrected chi connectivity index (χ1v) is 8.56. The van der Waals surface area contributed by atoms with E-state index < -0.39 is 5.60 Å². The monoisotopic (exact) mass is 318 g/mol. The van der Waals surface area contributed by atoms with E-state index in [2.05, 4.69) is 43.4 Å². The van der Waals surface area contributed by atoms with E-state index in [-0.39, 0.29) is 18.2 Å². The minimum atomic E-state index is -0.438. The molecule has 1 aliphatic heterocycles. The molecule has 0 spiro atoms. The summed E-state index contributed by atoms with van der Waals surface area (Å²) in [5.41, 5.74) is 2.11. The lowest BCUT2D eigenvalue weighted by Gasteiger charge is -2.29. The van der Waals surface area contributed by atoms with Crippen molar-refractivity contribution in [2.75, 3.05) is 13.1 Å². The van der Waals surface area contributed by atoms with E-state index in [1.54, 1.807) is 0 Å². The largest absolute Gasteiger partial charge is 0.444 e. The summed E-state index contributed by atoms with van der Waals surface area (Å²) < 4.78 is 5.52. The molecule has 1 N–H and O–H groups in total. The lowest BCUT2D eigenvalue weighted by molar-refractivity contribution is 0.0225. The summed E-state index contributed by atoms with van der Waals surface area (Å²) >= 11 is 0. The van der Waals surface area contributed by atoms with Crippen LogP contribution in [0.4, 0.5) is 4.79 Å². The van der Waals surface area contributed by atoms with Crippen LogP contribution < -0.4 is 5.32 Å². The number of rotatable bonds is 4. The predicted molar refractivity (Wildman–Crippen MR) is 93.6 cm³/mol. The number of ether oxygens (including phenoxy) is 1. The van der Waals surface area contributed by atoms with Crippen molar-refractivity contribution in [1.29, 1.82) is 0 Å². The fourth-order valence-electron chi connectivity index (χ4n) is 2.89. The normalized spacial score (nSPS) is 19.7. The molecule has 1 aliphatic rings. The molecule has 1 saturated heterocycles. The van der Waals surface area contributed by atoms with Crippen LogP contribution in [0.15, 0.2) is 24.3 Å². The minimum Gasteiger partial charge on any atom is -0.444 e. The number of carbonyl (C=O) groups excluding carboxylic acids is 1. The van der Waals surface area contributed by atoms with E-state index in [9.17, 15) is 4.79 Å². The van der Waals surface area contributed by atoms with Crippen molar-refractivity contribution in [2.24, 2.45) is 0 Å². The van der Waals surface area contributed by atoms with Crippen molar-refractivity contribution in [3.8, 4) is 0 Å². The van der Waals surface area contributed by atoms with E-state index in [1.807, 2.05) is 25.7 Å². The maximum Gasteiger partial charge on any atom is 0.410 e. The van der Waals surface area contributed by atoms with Crippen LogP contribution in [0.1, 0.15) is 57.7 Å². The van der Waals surface area contributed by atoms with Crippen LogP contribution in [-0.2, 0) is 4.74 Å². The van der Waals surface area contributed by atoms with Gasteiger partial charge in [-0.25, -0.2) is 4.79 Å². The molecule has 1 unspecified atom stereocenters. The average molecular weight is 318 g/mol. The number of amides is 1. The number of benzene rings is 1. The number of nitrogens with one attached hydrogen (secondary N) is 1. The number of hydrogen-bond donors (Lipinski definition) is 1. The van der Waals surface area contributed by atoms with E-state index >= 15 is 0 Å². The highest BCUT2D eigenvalue weighted by Gasteiger charge is 2.32. The van der Waals surface area contributed by atoms with Gasteiger partial charge in [0.2, 0.25) is 0 Å². The smallest absolute Gasteiger partial charge is 0.410 e. The molecule has 1 amide bonds. The van der Waals surface area contributed by atoms with Gasteiger partial charge in [-0.1, -0.05) is 29.8 Å². The Hall–Kier alpha value is -1.55. The maximum atomic E-state index is 12.3. The summed E-state index contributed by atoms with van der Waals surface area (Å²) in [6.07, 6.45) is 1.89. The predicted octanol–water partition coefficient (Wildman–Crippen LogP) is 4.05. The van der Waals surface area contributed by atoms with E-state index in [1.165, 1.54) is 11.1 Å². The Labute approximate surface area is 140 Å². The van der Waals surface area contributed by atoms with Gasteiger partial charge in [0, 0.05) is 25.2 Å². The van der Waals surface area contributed by atoms with Gasteiger partial charge in [-0.2, -0.15) is 0 Å². The fraction of sp³-hybridized carbons (Fsp3) is 0.632. The highest BCUT2D eigenvalue weighted by atomic mass is 16.6. The van der Waals surface area contributed by atoms with Gasteiger partial charge in [0.15, 0.2) is 0 Å². The van der Waals surface area contributed by atoms with Gasteiger partial charge in [0.1, 0.15) is 5.60 Å². The second kappa shape index (κ2) is 7.35. The van der Waals surface area contributed by atoms with Crippen LogP contribution in [0.3, 0.4) is 0 Å². The number of carbonyl (C=O) groups is 1. The number of hydrogen-bond acceptors (Lipinski definition) is 3. The van der Waals surface area contributed by atoms with Gasteiger partial charge < -0.3 is 15.0 Å². The molecule has 1 aromatic carbocycles. The van der Waals surface area contributed by atoms with Gasteiger partial charge in [-0.05, 0) is 53.0 Å². The average Bonchev–Trinajstić information content (AvgIpc) is 2.92. The highest BCUT2D eigenvalue weighted by molar-refractivity contribution is 5.69. The lowest BCUT2D eigenvalue weighted by atomic mass is 10.1. The first-order chi connectivity index (χ1) is 10.8. The van der Waals surface area contributed by atoms with Crippen LogP contribution in [0.5, 0.6) is 0 Å². The molecule has 2 atom stereocenters. The molecular weight excluding hydrogens is 288 g/mol. The quantitative estimate of drug-likeness (QED) is 0.911. The Kier molecular flexibility index (Phi) is 5.69. The fourth-order valence-corrected chi connectivity index (χ4v) is 2.89. The zero-order chi connectivity index (χ0) is 17.0. The lowest BCUT2D eigenvalue weighted by Crippen LogP contribution is -2.44. The second-order valence-electron chi connectivity index (χ2n) is 7.51. The summed E-state index contributed by atoms with van der Waals surface area (Å²) in [7, 11) is 0. The number of aryl methyl sites for hydroxylation is 1. The zero-order valence-electron chi connectivity index (χ0n) is 15.1. The Bertz CT molecular complexity index is 519. The van der Waals surface area contributed by atoms with E-state index in [0.717, 1.165) is 25.9 Å². The van der Waals surface area contributed by atoms with Crippen molar-refractivity contribution in [3.05, 3.63) is 35.4 Å². The molecule has 4 nitrogen and oxygen atoms in total. The Morgan fingerprint density at radius 1 is 1.35 bits per heavy atom.